The monoisotopic (exact) mass is 294 g/mol. The third-order valence-corrected chi connectivity index (χ3v) is 4.37. The second kappa shape index (κ2) is 7.19. The van der Waals surface area contributed by atoms with Gasteiger partial charge in [0.15, 0.2) is 0 Å². The van der Waals surface area contributed by atoms with E-state index in [9.17, 15) is 9.67 Å². The molecule has 4 atom stereocenters. The van der Waals surface area contributed by atoms with Gasteiger partial charge in [0, 0.05) is 6.66 Å². The highest BCUT2D eigenvalue weighted by Gasteiger charge is 2.37. The van der Waals surface area contributed by atoms with E-state index in [1.165, 1.54) is 6.66 Å². The molecule has 0 aromatic carbocycles. The molecule has 0 spiro atoms. The van der Waals surface area contributed by atoms with E-state index in [0.29, 0.717) is 6.42 Å². The van der Waals surface area contributed by atoms with E-state index in [4.69, 9.17) is 13.8 Å². The highest BCUT2D eigenvalue weighted by molar-refractivity contribution is 7.53. The predicted octanol–water partition coefficient (Wildman–Crippen LogP) is 2.96. The lowest BCUT2D eigenvalue weighted by molar-refractivity contribution is -0.124. The molecule has 6 heteroatoms. The summed E-state index contributed by atoms with van der Waals surface area (Å²) in [5, 5.41) is 10.2. The minimum Gasteiger partial charge on any atom is -0.388 e. The van der Waals surface area contributed by atoms with Gasteiger partial charge in [-0.1, -0.05) is 0 Å². The lowest BCUT2D eigenvalue weighted by atomic mass is 9.92. The van der Waals surface area contributed by atoms with Crippen LogP contribution in [0.4, 0.5) is 0 Å². The van der Waals surface area contributed by atoms with Gasteiger partial charge in [-0.25, -0.2) is 0 Å². The standard InChI is InChI=1S/C13H27O5P/c1-9(2)16-11-7-6-8-12(13(11)14)18-19(5,15)17-10(3)4/h9-14H,6-8H2,1-5H3. The van der Waals surface area contributed by atoms with Crippen LogP contribution in [0.3, 0.4) is 0 Å². The topological polar surface area (TPSA) is 65.0 Å². The average molecular weight is 294 g/mol. The summed E-state index contributed by atoms with van der Waals surface area (Å²) in [5.74, 6) is 0. The van der Waals surface area contributed by atoms with E-state index in [1.54, 1.807) is 0 Å². The van der Waals surface area contributed by atoms with Crippen LogP contribution < -0.4 is 0 Å². The molecule has 1 fully saturated rings. The molecule has 0 heterocycles. The van der Waals surface area contributed by atoms with Gasteiger partial charge in [0.05, 0.1) is 24.4 Å². The Balaban J connectivity index is 2.60. The number of hydrogen-bond donors (Lipinski definition) is 1. The van der Waals surface area contributed by atoms with Crippen molar-refractivity contribution >= 4 is 7.60 Å². The average Bonchev–Trinajstić information content (AvgIpc) is 2.21. The third kappa shape index (κ3) is 5.92. The van der Waals surface area contributed by atoms with E-state index >= 15 is 0 Å². The summed E-state index contributed by atoms with van der Waals surface area (Å²) in [4.78, 5) is 0. The first-order chi connectivity index (χ1) is 8.71. The fourth-order valence-corrected chi connectivity index (χ4v) is 3.91. The van der Waals surface area contributed by atoms with Crippen LogP contribution in [0, 0.1) is 0 Å². The van der Waals surface area contributed by atoms with Crippen LogP contribution in [0.25, 0.3) is 0 Å². The first-order valence-corrected chi connectivity index (χ1v) is 8.98. The van der Waals surface area contributed by atoms with E-state index in [2.05, 4.69) is 0 Å². The minimum absolute atomic E-state index is 0.0544. The fourth-order valence-electron chi connectivity index (χ4n) is 2.37. The summed E-state index contributed by atoms with van der Waals surface area (Å²) >= 11 is 0. The SMILES string of the molecule is CC(C)OC1CCCC(OP(C)(=O)OC(C)C)C1O. The zero-order valence-electron chi connectivity index (χ0n) is 12.5. The van der Waals surface area contributed by atoms with Crippen molar-refractivity contribution in [3.8, 4) is 0 Å². The van der Waals surface area contributed by atoms with Crippen molar-refractivity contribution < 1.29 is 23.5 Å². The van der Waals surface area contributed by atoms with Crippen LogP contribution in [-0.4, -0.2) is 42.3 Å². The van der Waals surface area contributed by atoms with Crippen molar-refractivity contribution in [1.82, 2.24) is 0 Å². The van der Waals surface area contributed by atoms with Gasteiger partial charge in [-0.05, 0) is 47.0 Å². The van der Waals surface area contributed by atoms with Crippen molar-refractivity contribution in [3.05, 3.63) is 0 Å². The fraction of sp³-hybridized carbons (Fsp3) is 1.00. The molecule has 0 aromatic heterocycles. The molecule has 1 aliphatic rings. The number of ether oxygens (including phenoxy) is 1. The Bertz CT molecular complexity index is 318. The summed E-state index contributed by atoms with van der Waals surface area (Å²) in [6, 6.07) is 0. The van der Waals surface area contributed by atoms with E-state index in [1.807, 2.05) is 27.7 Å². The van der Waals surface area contributed by atoms with Crippen molar-refractivity contribution in [2.75, 3.05) is 6.66 Å². The molecule has 0 saturated heterocycles. The summed E-state index contributed by atoms with van der Waals surface area (Å²) in [6.45, 7) is 8.93. The second-order valence-electron chi connectivity index (χ2n) is 5.71. The van der Waals surface area contributed by atoms with Gasteiger partial charge in [0.2, 0.25) is 0 Å². The van der Waals surface area contributed by atoms with Crippen LogP contribution in [0.1, 0.15) is 47.0 Å². The van der Waals surface area contributed by atoms with E-state index < -0.39 is 19.8 Å². The van der Waals surface area contributed by atoms with Crippen LogP contribution in [-0.2, 0) is 18.3 Å². The molecular formula is C13H27O5P. The molecule has 0 amide bonds. The second-order valence-corrected chi connectivity index (χ2v) is 7.68. The van der Waals surface area contributed by atoms with Gasteiger partial charge in [0.1, 0.15) is 6.10 Å². The molecule has 0 aliphatic heterocycles. The maximum absolute atomic E-state index is 12.2. The molecular weight excluding hydrogens is 267 g/mol. The number of aliphatic hydroxyl groups excluding tert-OH is 1. The van der Waals surface area contributed by atoms with Gasteiger partial charge in [-0.2, -0.15) is 0 Å². The van der Waals surface area contributed by atoms with E-state index in [-0.39, 0.29) is 18.3 Å². The Kier molecular flexibility index (Phi) is 6.48. The number of hydrogen-bond acceptors (Lipinski definition) is 5. The summed E-state index contributed by atoms with van der Waals surface area (Å²) in [7, 11) is -3.13. The van der Waals surface area contributed by atoms with Crippen molar-refractivity contribution in [1.29, 1.82) is 0 Å². The summed E-state index contributed by atoms with van der Waals surface area (Å²) in [5.41, 5.74) is 0. The summed E-state index contributed by atoms with van der Waals surface area (Å²) < 4.78 is 28.6. The van der Waals surface area contributed by atoms with Gasteiger partial charge in [0.25, 0.3) is 0 Å². The molecule has 1 saturated carbocycles. The van der Waals surface area contributed by atoms with Crippen LogP contribution in [0.5, 0.6) is 0 Å². The van der Waals surface area contributed by atoms with Crippen LogP contribution >= 0.6 is 7.60 Å². The maximum Gasteiger partial charge on any atom is 0.328 e. The number of aliphatic hydroxyl groups is 1. The quantitative estimate of drug-likeness (QED) is 0.763. The zero-order chi connectivity index (χ0) is 14.6. The smallest absolute Gasteiger partial charge is 0.328 e. The third-order valence-electron chi connectivity index (χ3n) is 2.92. The molecule has 0 bridgehead atoms. The lowest BCUT2D eigenvalue weighted by Crippen LogP contribution is -2.44. The summed E-state index contributed by atoms with van der Waals surface area (Å²) in [6.07, 6.45) is 0.778. The molecule has 0 aromatic rings. The van der Waals surface area contributed by atoms with Crippen molar-refractivity contribution in [2.45, 2.75) is 77.5 Å². The molecule has 1 aliphatic carbocycles. The first kappa shape index (κ1) is 17.1. The molecule has 1 rings (SSSR count). The van der Waals surface area contributed by atoms with Crippen molar-refractivity contribution in [3.63, 3.8) is 0 Å². The van der Waals surface area contributed by atoms with Crippen LogP contribution in [0.15, 0.2) is 0 Å². The molecule has 4 unspecified atom stereocenters. The normalized spacial score (nSPS) is 31.7. The highest BCUT2D eigenvalue weighted by atomic mass is 31.2. The van der Waals surface area contributed by atoms with Gasteiger partial charge in [-0.3, -0.25) is 4.57 Å². The Morgan fingerprint density at radius 1 is 1.11 bits per heavy atom. The zero-order valence-corrected chi connectivity index (χ0v) is 13.4. The molecule has 5 nitrogen and oxygen atoms in total. The highest BCUT2D eigenvalue weighted by Crippen LogP contribution is 2.48. The number of rotatable bonds is 6. The largest absolute Gasteiger partial charge is 0.388 e. The van der Waals surface area contributed by atoms with Crippen molar-refractivity contribution in [2.24, 2.45) is 0 Å². The molecule has 114 valence electrons. The Hall–Kier alpha value is 0.0700. The minimum atomic E-state index is -3.13. The molecule has 19 heavy (non-hydrogen) atoms. The Labute approximate surface area is 116 Å². The van der Waals surface area contributed by atoms with E-state index in [0.717, 1.165) is 12.8 Å². The lowest BCUT2D eigenvalue weighted by Gasteiger charge is -2.36. The van der Waals surface area contributed by atoms with Gasteiger partial charge >= 0.3 is 7.60 Å². The maximum atomic E-state index is 12.2. The Morgan fingerprint density at radius 3 is 2.21 bits per heavy atom. The van der Waals surface area contributed by atoms with Crippen LogP contribution in [0.2, 0.25) is 0 Å². The Morgan fingerprint density at radius 2 is 1.68 bits per heavy atom. The van der Waals surface area contributed by atoms with Gasteiger partial charge < -0.3 is 18.9 Å². The molecule has 0 radical (unpaired) electrons. The first-order valence-electron chi connectivity index (χ1n) is 6.99. The predicted molar refractivity (Wildman–Crippen MR) is 74.5 cm³/mol. The molecule has 1 N–H and O–H groups in total. The van der Waals surface area contributed by atoms with Gasteiger partial charge in [-0.15, -0.1) is 0 Å².